The van der Waals surface area contributed by atoms with Crippen LogP contribution in [0.4, 0.5) is 0 Å². The van der Waals surface area contributed by atoms with Crippen LogP contribution in [0.5, 0.6) is 0 Å². The third-order valence-corrected chi connectivity index (χ3v) is 1.65. The summed E-state index contributed by atoms with van der Waals surface area (Å²) in [7, 11) is 0. The van der Waals surface area contributed by atoms with E-state index in [0.29, 0.717) is 11.4 Å². The summed E-state index contributed by atoms with van der Waals surface area (Å²) in [4.78, 5) is 19.2. The minimum absolute atomic E-state index is 0.0801. The molecule has 0 aliphatic carbocycles. The maximum absolute atomic E-state index is 11.5. The Labute approximate surface area is 87.7 Å². The number of rotatable bonds is 2. The highest BCUT2D eigenvalue weighted by atomic mass is 35.5. The minimum Gasteiger partial charge on any atom is -0.349 e. The Balaban J connectivity index is 2.90. The molecule has 5 heteroatoms. The van der Waals surface area contributed by atoms with Gasteiger partial charge >= 0.3 is 0 Å². The Kier molecular flexibility index (Phi) is 3.41. The SMILES string of the molecule is Cc1cc(C(=O)NC(C)C)nc(Cl)n1. The second-order valence-electron chi connectivity index (χ2n) is 3.29. The van der Waals surface area contributed by atoms with Crippen LogP contribution in [0.25, 0.3) is 0 Å². The van der Waals surface area contributed by atoms with E-state index in [4.69, 9.17) is 11.6 Å². The number of aromatic nitrogens is 2. The van der Waals surface area contributed by atoms with Gasteiger partial charge in [-0.3, -0.25) is 4.79 Å². The molecule has 1 rings (SSSR count). The number of nitrogens with zero attached hydrogens (tertiary/aromatic N) is 2. The summed E-state index contributed by atoms with van der Waals surface area (Å²) in [5.41, 5.74) is 0.982. The van der Waals surface area contributed by atoms with Gasteiger partial charge in [-0.25, -0.2) is 9.97 Å². The molecule has 0 fully saturated rings. The first-order valence-electron chi connectivity index (χ1n) is 4.31. The standard InChI is InChI=1S/C9H12ClN3O/c1-5(2)11-8(14)7-4-6(3)12-9(10)13-7/h4-5H,1-3H3,(H,11,14). The summed E-state index contributed by atoms with van der Waals surface area (Å²) in [6.07, 6.45) is 0. The number of hydrogen-bond acceptors (Lipinski definition) is 3. The summed E-state index contributed by atoms with van der Waals surface area (Å²) >= 11 is 5.63. The van der Waals surface area contributed by atoms with Crippen LogP contribution in [0.2, 0.25) is 5.28 Å². The third kappa shape index (κ3) is 2.96. The van der Waals surface area contributed by atoms with Crippen molar-refractivity contribution in [2.45, 2.75) is 26.8 Å². The number of hydrogen-bond donors (Lipinski definition) is 1. The van der Waals surface area contributed by atoms with Crippen molar-refractivity contribution in [2.75, 3.05) is 0 Å². The average molecular weight is 214 g/mol. The zero-order valence-corrected chi connectivity index (χ0v) is 9.09. The topological polar surface area (TPSA) is 54.9 Å². The van der Waals surface area contributed by atoms with Gasteiger partial charge in [-0.1, -0.05) is 0 Å². The molecule has 0 aromatic carbocycles. The normalized spacial score (nSPS) is 10.4. The van der Waals surface area contributed by atoms with Crippen LogP contribution in [-0.4, -0.2) is 21.9 Å². The monoisotopic (exact) mass is 213 g/mol. The van der Waals surface area contributed by atoms with Gasteiger partial charge in [0.1, 0.15) is 5.69 Å². The summed E-state index contributed by atoms with van der Waals surface area (Å²) < 4.78 is 0. The molecule has 1 aromatic rings. The number of nitrogens with one attached hydrogen (secondary N) is 1. The molecule has 0 spiro atoms. The van der Waals surface area contributed by atoms with Gasteiger partial charge in [0.05, 0.1) is 0 Å². The molecular weight excluding hydrogens is 202 g/mol. The predicted molar refractivity (Wildman–Crippen MR) is 54.4 cm³/mol. The summed E-state index contributed by atoms with van der Waals surface area (Å²) in [6, 6.07) is 1.68. The van der Waals surface area contributed by atoms with Crippen molar-refractivity contribution in [3.63, 3.8) is 0 Å². The fraction of sp³-hybridized carbons (Fsp3) is 0.444. The largest absolute Gasteiger partial charge is 0.349 e. The van der Waals surface area contributed by atoms with E-state index >= 15 is 0 Å². The Hall–Kier alpha value is -1.16. The molecule has 0 unspecified atom stereocenters. The van der Waals surface area contributed by atoms with Crippen LogP contribution in [0.3, 0.4) is 0 Å². The van der Waals surface area contributed by atoms with E-state index in [1.54, 1.807) is 13.0 Å². The quantitative estimate of drug-likeness (QED) is 0.759. The average Bonchev–Trinajstić information content (AvgIpc) is 2.00. The van der Waals surface area contributed by atoms with Crippen molar-refractivity contribution < 1.29 is 4.79 Å². The first-order valence-corrected chi connectivity index (χ1v) is 4.69. The molecule has 1 N–H and O–H groups in total. The Morgan fingerprint density at radius 1 is 1.50 bits per heavy atom. The number of carbonyl (C=O) groups excluding carboxylic acids is 1. The highest BCUT2D eigenvalue weighted by Crippen LogP contribution is 2.05. The van der Waals surface area contributed by atoms with Gasteiger partial charge in [-0.05, 0) is 38.4 Å². The Morgan fingerprint density at radius 3 is 2.64 bits per heavy atom. The fourth-order valence-electron chi connectivity index (χ4n) is 0.985. The van der Waals surface area contributed by atoms with Crippen LogP contribution in [0.1, 0.15) is 30.0 Å². The van der Waals surface area contributed by atoms with Gasteiger partial charge in [0, 0.05) is 11.7 Å². The van der Waals surface area contributed by atoms with Crippen LogP contribution in [-0.2, 0) is 0 Å². The van der Waals surface area contributed by atoms with Crippen LogP contribution >= 0.6 is 11.6 Å². The molecule has 14 heavy (non-hydrogen) atoms. The molecule has 1 heterocycles. The lowest BCUT2D eigenvalue weighted by molar-refractivity contribution is 0.0938. The molecule has 0 saturated heterocycles. The summed E-state index contributed by atoms with van der Waals surface area (Å²) in [5, 5.41) is 2.82. The lowest BCUT2D eigenvalue weighted by Crippen LogP contribution is -2.30. The Morgan fingerprint density at radius 2 is 2.14 bits per heavy atom. The summed E-state index contributed by atoms with van der Waals surface area (Å²) in [6.45, 7) is 5.53. The van der Waals surface area contributed by atoms with E-state index in [1.165, 1.54) is 0 Å². The molecule has 4 nitrogen and oxygen atoms in total. The highest BCUT2D eigenvalue weighted by Gasteiger charge is 2.10. The molecule has 0 atom stereocenters. The second-order valence-corrected chi connectivity index (χ2v) is 3.63. The fourth-order valence-corrected chi connectivity index (χ4v) is 1.21. The molecule has 0 aliphatic rings. The van der Waals surface area contributed by atoms with Crippen molar-refractivity contribution in [1.82, 2.24) is 15.3 Å². The van der Waals surface area contributed by atoms with Crippen molar-refractivity contribution in [2.24, 2.45) is 0 Å². The predicted octanol–water partition coefficient (Wildman–Crippen LogP) is 1.58. The number of carbonyl (C=O) groups is 1. The Bertz CT molecular complexity index is 332. The maximum Gasteiger partial charge on any atom is 0.270 e. The first-order chi connectivity index (χ1) is 6.49. The van der Waals surface area contributed by atoms with Crippen LogP contribution in [0, 0.1) is 6.92 Å². The molecule has 0 radical (unpaired) electrons. The van der Waals surface area contributed by atoms with Crippen molar-refractivity contribution in [3.8, 4) is 0 Å². The van der Waals surface area contributed by atoms with E-state index in [1.807, 2.05) is 13.8 Å². The molecule has 0 aliphatic heterocycles. The highest BCUT2D eigenvalue weighted by molar-refractivity contribution is 6.28. The van der Waals surface area contributed by atoms with Gasteiger partial charge < -0.3 is 5.32 Å². The molecule has 76 valence electrons. The van der Waals surface area contributed by atoms with E-state index in [9.17, 15) is 4.79 Å². The van der Waals surface area contributed by atoms with E-state index in [0.717, 1.165) is 0 Å². The van der Waals surface area contributed by atoms with E-state index in [2.05, 4.69) is 15.3 Å². The molecule has 1 aromatic heterocycles. The zero-order chi connectivity index (χ0) is 10.7. The smallest absolute Gasteiger partial charge is 0.270 e. The van der Waals surface area contributed by atoms with E-state index < -0.39 is 0 Å². The first kappa shape index (κ1) is 10.9. The zero-order valence-electron chi connectivity index (χ0n) is 8.34. The summed E-state index contributed by atoms with van der Waals surface area (Å²) in [5.74, 6) is -0.229. The third-order valence-electron chi connectivity index (χ3n) is 1.48. The lowest BCUT2D eigenvalue weighted by atomic mass is 10.3. The van der Waals surface area contributed by atoms with Gasteiger partial charge in [0.25, 0.3) is 5.91 Å². The van der Waals surface area contributed by atoms with E-state index in [-0.39, 0.29) is 17.2 Å². The van der Waals surface area contributed by atoms with Crippen molar-refractivity contribution >= 4 is 17.5 Å². The van der Waals surface area contributed by atoms with Gasteiger partial charge in [0.15, 0.2) is 0 Å². The molecule has 0 bridgehead atoms. The minimum atomic E-state index is -0.229. The van der Waals surface area contributed by atoms with Gasteiger partial charge in [-0.15, -0.1) is 0 Å². The number of aryl methyl sites for hydroxylation is 1. The molecular formula is C9H12ClN3O. The lowest BCUT2D eigenvalue weighted by Gasteiger charge is -2.07. The number of halogens is 1. The van der Waals surface area contributed by atoms with Gasteiger partial charge in [-0.2, -0.15) is 0 Å². The van der Waals surface area contributed by atoms with Crippen molar-refractivity contribution in [1.29, 1.82) is 0 Å². The van der Waals surface area contributed by atoms with Crippen LogP contribution < -0.4 is 5.32 Å². The number of amides is 1. The maximum atomic E-state index is 11.5. The van der Waals surface area contributed by atoms with Gasteiger partial charge in [0.2, 0.25) is 5.28 Å². The van der Waals surface area contributed by atoms with Crippen LogP contribution in [0.15, 0.2) is 6.07 Å². The van der Waals surface area contributed by atoms with Crippen molar-refractivity contribution in [3.05, 3.63) is 22.7 Å². The molecule has 1 amide bonds. The second kappa shape index (κ2) is 4.37. The molecule has 0 saturated carbocycles.